The molecule has 3 nitrogen and oxygen atoms in total. The number of hydrogen-bond donors (Lipinski definition) is 2. The van der Waals surface area contributed by atoms with E-state index in [2.05, 4.69) is 58.6 Å². The Bertz CT molecular complexity index is 687. The van der Waals surface area contributed by atoms with Crippen molar-refractivity contribution in [3.63, 3.8) is 0 Å². The monoisotopic (exact) mass is 360 g/mol. The van der Waals surface area contributed by atoms with Crippen LogP contribution in [0.25, 0.3) is 0 Å². The SMILES string of the molecule is Cc1ccc(CNC(=O)Nc2c(C)cc(Br)cc2C)c(C)c1. The molecule has 0 saturated heterocycles. The van der Waals surface area contributed by atoms with Crippen LogP contribution in [0.1, 0.15) is 27.8 Å². The predicted molar refractivity (Wildman–Crippen MR) is 95.4 cm³/mol. The Hall–Kier alpha value is -1.81. The summed E-state index contributed by atoms with van der Waals surface area (Å²) in [4.78, 5) is 12.1. The third-order valence-electron chi connectivity index (χ3n) is 3.67. The van der Waals surface area contributed by atoms with Crippen molar-refractivity contribution in [3.05, 3.63) is 62.6 Å². The molecule has 2 aromatic carbocycles. The third-order valence-corrected chi connectivity index (χ3v) is 4.13. The molecular weight excluding hydrogens is 340 g/mol. The molecule has 2 amide bonds. The molecule has 2 rings (SSSR count). The fraction of sp³-hybridized carbons (Fsp3) is 0.278. The van der Waals surface area contributed by atoms with E-state index in [4.69, 9.17) is 0 Å². The van der Waals surface area contributed by atoms with E-state index in [9.17, 15) is 4.79 Å². The Labute approximate surface area is 140 Å². The predicted octanol–water partition coefficient (Wildman–Crippen LogP) is 5.00. The van der Waals surface area contributed by atoms with Gasteiger partial charge in [-0.1, -0.05) is 39.7 Å². The van der Waals surface area contributed by atoms with Crippen LogP contribution in [0.15, 0.2) is 34.8 Å². The van der Waals surface area contributed by atoms with Crippen LogP contribution in [-0.4, -0.2) is 6.03 Å². The number of hydrogen-bond acceptors (Lipinski definition) is 1. The van der Waals surface area contributed by atoms with Gasteiger partial charge in [-0.15, -0.1) is 0 Å². The van der Waals surface area contributed by atoms with Gasteiger partial charge in [0.15, 0.2) is 0 Å². The molecule has 4 heteroatoms. The number of carbonyl (C=O) groups excluding carboxylic acids is 1. The van der Waals surface area contributed by atoms with Gasteiger partial charge >= 0.3 is 6.03 Å². The first-order chi connectivity index (χ1) is 10.4. The Morgan fingerprint density at radius 3 is 2.23 bits per heavy atom. The van der Waals surface area contributed by atoms with Crippen molar-refractivity contribution in [2.45, 2.75) is 34.2 Å². The van der Waals surface area contributed by atoms with Crippen molar-refractivity contribution in [3.8, 4) is 0 Å². The second kappa shape index (κ2) is 6.97. The van der Waals surface area contributed by atoms with Crippen molar-refractivity contribution >= 4 is 27.6 Å². The van der Waals surface area contributed by atoms with E-state index in [0.29, 0.717) is 6.54 Å². The van der Waals surface area contributed by atoms with Gasteiger partial charge in [-0.25, -0.2) is 4.79 Å². The number of benzene rings is 2. The van der Waals surface area contributed by atoms with Gasteiger partial charge in [-0.05, 0) is 62.1 Å². The van der Waals surface area contributed by atoms with Gasteiger partial charge in [0.25, 0.3) is 0 Å². The summed E-state index contributed by atoms with van der Waals surface area (Å²) in [5.41, 5.74) is 6.48. The first-order valence-electron chi connectivity index (χ1n) is 7.24. The molecular formula is C18H21BrN2O. The van der Waals surface area contributed by atoms with E-state index in [-0.39, 0.29) is 6.03 Å². The van der Waals surface area contributed by atoms with Crippen LogP contribution in [0.3, 0.4) is 0 Å². The molecule has 2 N–H and O–H groups in total. The van der Waals surface area contributed by atoms with Crippen LogP contribution in [0.5, 0.6) is 0 Å². The lowest BCUT2D eigenvalue weighted by molar-refractivity contribution is 0.251. The smallest absolute Gasteiger partial charge is 0.319 e. The minimum absolute atomic E-state index is 0.187. The number of anilines is 1. The lowest BCUT2D eigenvalue weighted by Crippen LogP contribution is -2.29. The molecule has 0 aromatic heterocycles. The minimum atomic E-state index is -0.187. The van der Waals surface area contributed by atoms with Gasteiger partial charge in [0, 0.05) is 16.7 Å². The maximum Gasteiger partial charge on any atom is 0.319 e. The topological polar surface area (TPSA) is 41.1 Å². The van der Waals surface area contributed by atoms with Crippen LogP contribution in [-0.2, 0) is 6.54 Å². The average Bonchev–Trinajstić information content (AvgIpc) is 2.42. The summed E-state index contributed by atoms with van der Waals surface area (Å²) in [7, 11) is 0. The van der Waals surface area contributed by atoms with Crippen molar-refractivity contribution in [2.75, 3.05) is 5.32 Å². The van der Waals surface area contributed by atoms with Crippen molar-refractivity contribution in [1.82, 2.24) is 5.32 Å². The van der Waals surface area contributed by atoms with Gasteiger partial charge < -0.3 is 10.6 Å². The molecule has 2 aromatic rings. The molecule has 0 aliphatic rings. The average molecular weight is 361 g/mol. The summed E-state index contributed by atoms with van der Waals surface area (Å²) in [6.45, 7) is 8.61. The number of nitrogens with one attached hydrogen (secondary N) is 2. The molecule has 0 heterocycles. The maximum absolute atomic E-state index is 12.1. The summed E-state index contributed by atoms with van der Waals surface area (Å²) in [6.07, 6.45) is 0. The largest absolute Gasteiger partial charge is 0.334 e. The van der Waals surface area contributed by atoms with Crippen LogP contribution in [0, 0.1) is 27.7 Å². The molecule has 0 aliphatic heterocycles. The summed E-state index contributed by atoms with van der Waals surface area (Å²) in [5, 5.41) is 5.85. The molecule has 0 atom stereocenters. The van der Waals surface area contributed by atoms with Gasteiger partial charge in [-0.3, -0.25) is 0 Å². The zero-order chi connectivity index (χ0) is 16.3. The number of carbonyl (C=O) groups is 1. The molecule has 116 valence electrons. The van der Waals surface area contributed by atoms with Crippen LogP contribution >= 0.6 is 15.9 Å². The van der Waals surface area contributed by atoms with E-state index in [1.807, 2.05) is 26.0 Å². The minimum Gasteiger partial charge on any atom is -0.334 e. The van der Waals surface area contributed by atoms with E-state index >= 15 is 0 Å². The zero-order valence-electron chi connectivity index (χ0n) is 13.4. The fourth-order valence-electron chi connectivity index (χ4n) is 2.49. The van der Waals surface area contributed by atoms with E-state index in [1.54, 1.807) is 0 Å². The first-order valence-corrected chi connectivity index (χ1v) is 8.04. The molecule has 0 saturated carbocycles. The number of amides is 2. The molecule has 0 radical (unpaired) electrons. The summed E-state index contributed by atoms with van der Waals surface area (Å²) >= 11 is 3.46. The molecule has 0 unspecified atom stereocenters. The maximum atomic E-state index is 12.1. The quantitative estimate of drug-likeness (QED) is 0.793. The highest BCUT2D eigenvalue weighted by Gasteiger charge is 2.08. The number of urea groups is 1. The second-order valence-corrected chi connectivity index (χ2v) is 6.57. The third kappa shape index (κ3) is 4.10. The highest BCUT2D eigenvalue weighted by molar-refractivity contribution is 9.10. The fourth-order valence-corrected chi connectivity index (χ4v) is 3.17. The Kier molecular flexibility index (Phi) is 5.24. The summed E-state index contributed by atoms with van der Waals surface area (Å²) in [6, 6.07) is 10.0. The molecule has 0 bridgehead atoms. The zero-order valence-corrected chi connectivity index (χ0v) is 15.0. The lowest BCUT2D eigenvalue weighted by atomic mass is 10.1. The standard InChI is InChI=1S/C18H21BrN2O/c1-11-5-6-15(12(2)7-11)10-20-18(22)21-17-13(3)8-16(19)9-14(17)4/h5-9H,10H2,1-4H3,(H2,20,21,22). The van der Waals surface area contributed by atoms with Gasteiger partial charge in [0.2, 0.25) is 0 Å². The van der Waals surface area contributed by atoms with Crippen molar-refractivity contribution < 1.29 is 4.79 Å². The van der Waals surface area contributed by atoms with Crippen LogP contribution < -0.4 is 10.6 Å². The summed E-state index contributed by atoms with van der Waals surface area (Å²) in [5.74, 6) is 0. The molecule has 0 aliphatic carbocycles. The second-order valence-electron chi connectivity index (χ2n) is 5.65. The Morgan fingerprint density at radius 1 is 1.00 bits per heavy atom. The van der Waals surface area contributed by atoms with Gasteiger partial charge in [-0.2, -0.15) is 0 Å². The number of rotatable bonds is 3. The number of aryl methyl sites for hydroxylation is 4. The highest BCUT2D eigenvalue weighted by Crippen LogP contribution is 2.25. The Morgan fingerprint density at radius 2 is 1.64 bits per heavy atom. The van der Waals surface area contributed by atoms with E-state index in [0.717, 1.165) is 26.9 Å². The van der Waals surface area contributed by atoms with E-state index in [1.165, 1.54) is 11.1 Å². The number of halogens is 1. The molecule has 0 spiro atoms. The lowest BCUT2D eigenvalue weighted by Gasteiger charge is -2.14. The normalized spacial score (nSPS) is 10.4. The van der Waals surface area contributed by atoms with Gasteiger partial charge in [0.1, 0.15) is 0 Å². The van der Waals surface area contributed by atoms with Gasteiger partial charge in [0.05, 0.1) is 0 Å². The first kappa shape index (κ1) is 16.6. The summed E-state index contributed by atoms with van der Waals surface area (Å²) < 4.78 is 1.02. The Balaban J connectivity index is 2.02. The van der Waals surface area contributed by atoms with Crippen molar-refractivity contribution in [2.24, 2.45) is 0 Å². The van der Waals surface area contributed by atoms with Crippen LogP contribution in [0.2, 0.25) is 0 Å². The van der Waals surface area contributed by atoms with E-state index < -0.39 is 0 Å². The molecule has 0 fully saturated rings. The van der Waals surface area contributed by atoms with Crippen LogP contribution in [0.4, 0.5) is 10.5 Å². The highest BCUT2D eigenvalue weighted by atomic mass is 79.9. The molecule has 22 heavy (non-hydrogen) atoms. The van der Waals surface area contributed by atoms with Crippen molar-refractivity contribution in [1.29, 1.82) is 0 Å².